The molecular formula is C10H14ClNO. The number of halogens is 1. The molecule has 1 heterocycles. The van der Waals surface area contributed by atoms with Crippen molar-refractivity contribution in [2.45, 2.75) is 26.8 Å². The Balaban J connectivity index is 2.81. The van der Waals surface area contributed by atoms with Gasteiger partial charge in [-0.05, 0) is 18.4 Å². The van der Waals surface area contributed by atoms with Gasteiger partial charge in [0.15, 0.2) is 0 Å². The lowest BCUT2D eigenvalue weighted by molar-refractivity contribution is 0.508. The van der Waals surface area contributed by atoms with Crippen LogP contribution in [0.5, 0.6) is 0 Å². The van der Waals surface area contributed by atoms with E-state index >= 15 is 0 Å². The predicted octanol–water partition coefficient (Wildman–Crippen LogP) is 2.55. The molecule has 1 aromatic heterocycles. The second-order valence-electron chi connectivity index (χ2n) is 3.52. The normalized spacial score (nSPS) is 10.8. The minimum Gasteiger partial charge on any atom is -0.299 e. The highest BCUT2D eigenvalue weighted by Gasteiger charge is 2.01. The van der Waals surface area contributed by atoms with Gasteiger partial charge in [0.05, 0.1) is 0 Å². The highest BCUT2D eigenvalue weighted by molar-refractivity contribution is 6.29. The monoisotopic (exact) mass is 199 g/mol. The first kappa shape index (κ1) is 10.3. The van der Waals surface area contributed by atoms with Crippen molar-refractivity contribution < 1.29 is 0 Å². The van der Waals surface area contributed by atoms with Crippen molar-refractivity contribution >= 4 is 11.6 Å². The fourth-order valence-corrected chi connectivity index (χ4v) is 1.34. The van der Waals surface area contributed by atoms with Gasteiger partial charge in [-0.1, -0.05) is 31.5 Å². The van der Waals surface area contributed by atoms with E-state index in [0.717, 1.165) is 6.42 Å². The molecule has 13 heavy (non-hydrogen) atoms. The van der Waals surface area contributed by atoms with Gasteiger partial charge in [-0.2, -0.15) is 0 Å². The third-order valence-corrected chi connectivity index (χ3v) is 2.26. The molecule has 0 N–H and O–H groups in total. The Labute approximate surface area is 83.2 Å². The molecule has 0 aliphatic heterocycles. The zero-order valence-electron chi connectivity index (χ0n) is 7.96. The first-order valence-corrected chi connectivity index (χ1v) is 4.84. The van der Waals surface area contributed by atoms with Gasteiger partial charge in [0.25, 0.3) is 5.56 Å². The smallest absolute Gasteiger partial charge is 0.251 e. The third kappa shape index (κ3) is 2.88. The lowest BCUT2D eigenvalue weighted by atomic mass is 10.1. The minimum absolute atomic E-state index is 0.0202. The summed E-state index contributed by atoms with van der Waals surface area (Å²) in [5.74, 6) is 0.586. The van der Waals surface area contributed by atoms with E-state index in [-0.39, 0.29) is 5.56 Å². The highest BCUT2D eigenvalue weighted by atomic mass is 35.5. The number of aromatic nitrogens is 1. The Kier molecular flexibility index (Phi) is 3.55. The van der Waals surface area contributed by atoms with Crippen LogP contribution >= 0.6 is 11.6 Å². The maximum Gasteiger partial charge on any atom is 0.251 e. The number of rotatable bonds is 3. The van der Waals surface area contributed by atoms with Gasteiger partial charge in [0.1, 0.15) is 5.15 Å². The molecule has 0 atom stereocenters. The van der Waals surface area contributed by atoms with E-state index in [2.05, 4.69) is 13.8 Å². The van der Waals surface area contributed by atoms with Gasteiger partial charge in [-0.3, -0.25) is 9.36 Å². The lowest BCUT2D eigenvalue weighted by Gasteiger charge is -2.08. The molecule has 1 rings (SSSR count). The molecule has 0 bridgehead atoms. The summed E-state index contributed by atoms with van der Waals surface area (Å²) in [5.41, 5.74) is -0.0202. The zero-order valence-corrected chi connectivity index (χ0v) is 8.71. The Bertz CT molecular complexity index is 330. The summed E-state index contributed by atoms with van der Waals surface area (Å²) >= 11 is 5.88. The van der Waals surface area contributed by atoms with E-state index < -0.39 is 0 Å². The zero-order chi connectivity index (χ0) is 9.84. The van der Waals surface area contributed by atoms with E-state index in [1.165, 1.54) is 6.07 Å². The van der Waals surface area contributed by atoms with Gasteiger partial charge in [0, 0.05) is 12.6 Å². The molecule has 0 spiro atoms. The van der Waals surface area contributed by atoms with Crippen molar-refractivity contribution in [1.82, 2.24) is 4.57 Å². The van der Waals surface area contributed by atoms with E-state index in [1.807, 2.05) is 0 Å². The first-order chi connectivity index (χ1) is 6.11. The van der Waals surface area contributed by atoms with Gasteiger partial charge in [-0.15, -0.1) is 0 Å². The average molecular weight is 200 g/mol. The lowest BCUT2D eigenvalue weighted by Crippen LogP contribution is -2.20. The fraction of sp³-hybridized carbons (Fsp3) is 0.500. The minimum atomic E-state index is -0.0202. The van der Waals surface area contributed by atoms with E-state index in [4.69, 9.17) is 11.6 Å². The van der Waals surface area contributed by atoms with Crippen molar-refractivity contribution in [2.24, 2.45) is 5.92 Å². The van der Waals surface area contributed by atoms with Crippen LogP contribution in [-0.2, 0) is 6.54 Å². The number of hydrogen-bond donors (Lipinski definition) is 0. The highest BCUT2D eigenvalue weighted by Crippen LogP contribution is 2.07. The molecular weight excluding hydrogens is 186 g/mol. The van der Waals surface area contributed by atoms with E-state index in [9.17, 15) is 4.79 Å². The number of hydrogen-bond acceptors (Lipinski definition) is 1. The molecule has 0 saturated carbocycles. The van der Waals surface area contributed by atoms with Crippen molar-refractivity contribution in [1.29, 1.82) is 0 Å². The average Bonchev–Trinajstić information content (AvgIpc) is 2.03. The summed E-state index contributed by atoms with van der Waals surface area (Å²) in [6, 6.07) is 4.95. The predicted molar refractivity (Wildman–Crippen MR) is 55.2 cm³/mol. The van der Waals surface area contributed by atoms with Crippen molar-refractivity contribution in [3.05, 3.63) is 33.7 Å². The largest absolute Gasteiger partial charge is 0.299 e. The Hall–Kier alpha value is -0.760. The van der Waals surface area contributed by atoms with Gasteiger partial charge < -0.3 is 0 Å². The molecule has 0 fully saturated rings. The summed E-state index contributed by atoms with van der Waals surface area (Å²) < 4.78 is 1.60. The molecule has 0 aliphatic carbocycles. The van der Waals surface area contributed by atoms with E-state index in [1.54, 1.807) is 16.7 Å². The molecule has 0 unspecified atom stereocenters. The van der Waals surface area contributed by atoms with Crippen molar-refractivity contribution in [2.75, 3.05) is 0 Å². The number of nitrogens with zero attached hydrogens (tertiary/aromatic N) is 1. The van der Waals surface area contributed by atoms with Crippen LogP contribution in [0.2, 0.25) is 5.15 Å². The first-order valence-electron chi connectivity index (χ1n) is 4.46. The van der Waals surface area contributed by atoms with E-state index in [0.29, 0.717) is 17.6 Å². The van der Waals surface area contributed by atoms with Gasteiger partial charge >= 0.3 is 0 Å². The topological polar surface area (TPSA) is 22.0 Å². The summed E-state index contributed by atoms with van der Waals surface area (Å²) in [6.45, 7) is 4.96. The second-order valence-corrected chi connectivity index (χ2v) is 3.91. The van der Waals surface area contributed by atoms with Crippen LogP contribution in [0.4, 0.5) is 0 Å². The summed E-state index contributed by atoms with van der Waals surface area (Å²) in [5, 5.41) is 0.521. The molecule has 0 amide bonds. The molecule has 3 heteroatoms. The van der Waals surface area contributed by atoms with Crippen LogP contribution in [0.25, 0.3) is 0 Å². The Morgan fingerprint density at radius 3 is 2.69 bits per heavy atom. The molecule has 0 aromatic carbocycles. The van der Waals surface area contributed by atoms with Crippen LogP contribution in [-0.4, -0.2) is 4.57 Å². The Morgan fingerprint density at radius 2 is 2.15 bits per heavy atom. The standard InChI is InChI=1S/C10H14ClNO/c1-8(2)6-7-12-9(11)4-3-5-10(12)13/h3-5,8H,6-7H2,1-2H3. The molecule has 72 valence electrons. The maximum absolute atomic E-state index is 11.3. The fourth-order valence-electron chi connectivity index (χ4n) is 1.10. The molecule has 0 saturated heterocycles. The summed E-state index contributed by atoms with van der Waals surface area (Å²) in [4.78, 5) is 11.3. The molecule has 2 nitrogen and oxygen atoms in total. The van der Waals surface area contributed by atoms with Crippen LogP contribution in [0.1, 0.15) is 20.3 Å². The second kappa shape index (κ2) is 4.47. The Morgan fingerprint density at radius 1 is 1.46 bits per heavy atom. The summed E-state index contributed by atoms with van der Waals surface area (Å²) in [6.07, 6.45) is 0.976. The van der Waals surface area contributed by atoms with Crippen LogP contribution in [0.3, 0.4) is 0 Å². The van der Waals surface area contributed by atoms with Crippen molar-refractivity contribution in [3.63, 3.8) is 0 Å². The third-order valence-electron chi connectivity index (χ3n) is 1.93. The van der Waals surface area contributed by atoms with Crippen LogP contribution in [0, 0.1) is 5.92 Å². The quantitative estimate of drug-likeness (QED) is 0.686. The molecule has 1 aromatic rings. The van der Waals surface area contributed by atoms with Crippen LogP contribution < -0.4 is 5.56 Å². The molecule has 0 radical (unpaired) electrons. The maximum atomic E-state index is 11.3. The summed E-state index contributed by atoms with van der Waals surface area (Å²) in [7, 11) is 0. The number of pyridine rings is 1. The van der Waals surface area contributed by atoms with Gasteiger partial charge in [0.2, 0.25) is 0 Å². The molecule has 0 aliphatic rings. The van der Waals surface area contributed by atoms with Crippen molar-refractivity contribution in [3.8, 4) is 0 Å². The SMILES string of the molecule is CC(C)CCn1c(Cl)cccc1=O. The van der Waals surface area contributed by atoms with Gasteiger partial charge in [-0.25, -0.2) is 0 Å². The van der Waals surface area contributed by atoms with Crippen LogP contribution in [0.15, 0.2) is 23.0 Å².